The molecule has 0 saturated carbocycles. The van der Waals surface area contributed by atoms with Crippen molar-refractivity contribution in [3.05, 3.63) is 66.1 Å². The first-order valence-corrected chi connectivity index (χ1v) is 22.8. The standard InChI is InChI=1S/C42H63N8O7P/c1-2-3-4-5-6-7-8-9-10-11-12-13-14-15-16-17-24-53-28-37(54-27-34-18-19-35(26-43)40(25-34)49-33-45-31-47-49)30-56-58(51,52)55-29-36-20-23-41(57-36)38-21-22-39-42(44)46-32-48-50(38)39/h18-19,21-22,25,31-33,36-37,41H,2-17,20,23-24,27-30H2,1H3,(H,51,52)(H2,44,46,48). The van der Waals surface area contributed by atoms with Gasteiger partial charge < -0.3 is 24.8 Å². The summed E-state index contributed by atoms with van der Waals surface area (Å²) in [6, 6.07) is 11.2. The molecule has 16 heteroatoms. The van der Waals surface area contributed by atoms with E-state index in [1.165, 1.54) is 114 Å². The summed E-state index contributed by atoms with van der Waals surface area (Å²) < 4.78 is 45.4. The number of benzene rings is 1. The number of anilines is 1. The fourth-order valence-electron chi connectivity index (χ4n) is 7.26. The van der Waals surface area contributed by atoms with E-state index in [4.69, 9.17) is 29.0 Å². The molecule has 318 valence electrons. The molecule has 4 atom stereocenters. The van der Waals surface area contributed by atoms with Crippen LogP contribution in [0.1, 0.15) is 145 Å². The second-order valence-electron chi connectivity index (χ2n) is 15.2. The van der Waals surface area contributed by atoms with Gasteiger partial charge in [0.2, 0.25) is 0 Å². The Balaban J connectivity index is 1.02. The first-order chi connectivity index (χ1) is 28.4. The number of nitrogens with zero attached hydrogens (tertiary/aromatic N) is 7. The van der Waals surface area contributed by atoms with Gasteiger partial charge in [0.05, 0.1) is 49.5 Å². The maximum absolute atomic E-state index is 13.0. The molecule has 4 unspecified atom stereocenters. The Bertz CT molecular complexity index is 1850. The summed E-state index contributed by atoms with van der Waals surface area (Å²) >= 11 is 0. The zero-order valence-corrected chi connectivity index (χ0v) is 35.1. The predicted molar refractivity (Wildman–Crippen MR) is 221 cm³/mol. The van der Waals surface area contributed by atoms with Crippen molar-refractivity contribution >= 4 is 19.2 Å². The fraction of sp³-hybridized carbons (Fsp3) is 0.643. The molecular weight excluding hydrogens is 759 g/mol. The maximum atomic E-state index is 13.0. The van der Waals surface area contributed by atoms with Crippen LogP contribution < -0.4 is 5.73 Å². The van der Waals surface area contributed by atoms with E-state index in [-0.39, 0.29) is 32.5 Å². The number of aromatic nitrogens is 6. The molecule has 4 heterocycles. The third kappa shape index (κ3) is 15.1. The summed E-state index contributed by atoms with van der Waals surface area (Å²) in [5.74, 6) is 0.374. The van der Waals surface area contributed by atoms with Gasteiger partial charge in [-0.1, -0.05) is 109 Å². The largest absolute Gasteiger partial charge is 0.472 e. The zero-order chi connectivity index (χ0) is 40.8. The number of phosphoric acid groups is 1. The number of rotatable bonds is 30. The molecule has 58 heavy (non-hydrogen) atoms. The second-order valence-corrected chi connectivity index (χ2v) is 16.7. The van der Waals surface area contributed by atoms with Crippen molar-refractivity contribution in [1.29, 1.82) is 5.26 Å². The van der Waals surface area contributed by atoms with Crippen molar-refractivity contribution in [1.82, 2.24) is 29.4 Å². The van der Waals surface area contributed by atoms with E-state index in [9.17, 15) is 14.7 Å². The first-order valence-electron chi connectivity index (χ1n) is 21.3. The van der Waals surface area contributed by atoms with E-state index >= 15 is 0 Å². The lowest BCUT2D eigenvalue weighted by molar-refractivity contribution is -0.0529. The highest BCUT2D eigenvalue weighted by Crippen LogP contribution is 2.45. The summed E-state index contributed by atoms with van der Waals surface area (Å²) in [5, 5.41) is 18.1. The highest BCUT2D eigenvalue weighted by Gasteiger charge is 2.32. The van der Waals surface area contributed by atoms with Gasteiger partial charge in [0, 0.05) is 6.61 Å². The predicted octanol–water partition coefficient (Wildman–Crippen LogP) is 8.98. The van der Waals surface area contributed by atoms with Gasteiger partial charge in [0.15, 0.2) is 5.82 Å². The van der Waals surface area contributed by atoms with Crippen molar-refractivity contribution in [2.45, 2.75) is 147 Å². The number of phosphoric ester groups is 1. The summed E-state index contributed by atoms with van der Waals surface area (Å²) in [7, 11) is -4.46. The molecule has 0 spiro atoms. The summed E-state index contributed by atoms with van der Waals surface area (Å²) in [6.45, 7) is 2.77. The Morgan fingerprint density at radius 2 is 1.62 bits per heavy atom. The topological polar surface area (TPSA) is 194 Å². The molecule has 3 aromatic heterocycles. The molecule has 1 aliphatic heterocycles. The molecule has 0 amide bonds. The van der Waals surface area contributed by atoms with Crippen LogP contribution in [0.5, 0.6) is 0 Å². The highest BCUT2D eigenvalue weighted by molar-refractivity contribution is 7.47. The van der Waals surface area contributed by atoms with Crippen LogP contribution in [0.4, 0.5) is 5.82 Å². The van der Waals surface area contributed by atoms with Gasteiger partial charge in [-0.3, -0.25) is 9.05 Å². The lowest BCUT2D eigenvalue weighted by Gasteiger charge is -2.21. The molecule has 3 N–H and O–H groups in total. The average molecular weight is 823 g/mol. The fourth-order valence-corrected chi connectivity index (χ4v) is 8.05. The number of unbranched alkanes of at least 4 members (excludes halogenated alkanes) is 15. The van der Waals surface area contributed by atoms with E-state index in [1.807, 2.05) is 12.1 Å². The number of fused-ring (bicyclic) bond motifs is 1. The second kappa shape index (κ2) is 25.0. The van der Waals surface area contributed by atoms with Crippen LogP contribution in [0.2, 0.25) is 0 Å². The Morgan fingerprint density at radius 3 is 2.29 bits per heavy atom. The zero-order valence-electron chi connectivity index (χ0n) is 34.2. The molecule has 1 fully saturated rings. The Morgan fingerprint density at radius 1 is 0.914 bits per heavy atom. The van der Waals surface area contributed by atoms with Gasteiger partial charge in [0.25, 0.3) is 0 Å². The lowest BCUT2D eigenvalue weighted by atomic mass is 10.0. The number of ether oxygens (including phenoxy) is 3. The average Bonchev–Trinajstić information content (AvgIpc) is 4.03. The molecule has 0 radical (unpaired) electrons. The molecule has 1 aromatic carbocycles. The van der Waals surface area contributed by atoms with Gasteiger partial charge in [-0.2, -0.15) is 15.5 Å². The monoisotopic (exact) mass is 822 g/mol. The number of hydrogen-bond acceptors (Lipinski definition) is 12. The van der Waals surface area contributed by atoms with Crippen LogP contribution in [0.25, 0.3) is 11.2 Å². The van der Waals surface area contributed by atoms with E-state index in [2.05, 4.69) is 33.2 Å². The van der Waals surface area contributed by atoms with Gasteiger partial charge in [0.1, 0.15) is 42.8 Å². The Labute approximate surface area is 343 Å². The van der Waals surface area contributed by atoms with Crippen LogP contribution in [-0.4, -0.2) is 72.9 Å². The number of nitrogens with two attached hydrogens (primary N) is 1. The van der Waals surface area contributed by atoms with Gasteiger partial charge >= 0.3 is 7.82 Å². The van der Waals surface area contributed by atoms with Gasteiger partial charge in [-0.05, 0) is 49.1 Å². The molecule has 1 saturated heterocycles. The normalized spacial score (nSPS) is 17.1. The minimum atomic E-state index is -4.46. The van der Waals surface area contributed by atoms with Crippen molar-refractivity contribution in [3.63, 3.8) is 0 Å². The lowest BCUT2D eigenvalue weighted by Crippen LogP contribution is -2.26. The minimum absolute atomic E-state index is 0.123. The van der Waals surface area contributed by atoms with Gasteiger partial charge in [-0.15, -0.1) is 0 Å². The molecule has 15 nitrogen and oxygen atoms in total. The molecule has 4 aromatic rings. The summed E-state index contributed by atoms with van der Waals surface area (Å²) in [5.41, 5.74) is 9.27. The van der Waals surface area contributed by atoms with Crippen LogP contribution in [0.15, 0.2) is 49.3 Å². The quantitative estimate of drug-likeness (QED) is 0.0374. The van der Waals surface area contributed by atoms with Crippen molar-refractivity contribution < 1.29 is 32.7 Å². The van der Waals surface area contributed by atoms with Crippen LogP contribution in [0, 0.1) is 11.3 Å². The van der Waals surface area contributed by atoms with Crippen molar-refractivity contribution in [3.8, 4) is 11.8 Å². The van der Waals surface area contributed by atoms with E-state index < -0.39 is 20.0 Å². The van der Waals surface area contributed by atoms with Gasteiger partial charge in [-0.25, -0.2) is 23.7 Å². The number of nitrogen functional groups attached to an aromatic ring is 1. The maximum Gasteiger partial charge on any atom is 0.472 e. The molecule has 1 aliphatic rings. The van der Waals surface area contributed by atoms with Crippen molar-refractivity contribution in [2.24, 2.45) is 0 Å². The van der Waals surface area contributed by atoms with Crippen LogP contribution in [0.3, 0.4) is 0 Å². The SMILES string of the molecule is CCCCCCCCCCCCCCCCCCOCC(COP(=O)(O)OCC1CCC(c2ccc3c(N)ncnn23)O1)OCc1ccc(C#N)c(-n2cncn2)c1. The smallest absolute Gasteiger partial charge is 0.382 e. The van der Waals surface area contributed by atoms with E-state index in [0.29, 0.717) is 42.0 Å². The first kappa shape index (κ1) is 45.3. The number of nitriles is 1. The third-order valence-electron chi connectivity index (χ3n) is 10.6. The molecular formula is C42H63N8O7P. The Hall–Kier alpha value is -3.74. The highest BCUT2D eigenvalue weighted by atomic mass is 31.2. The molecule has 0 aliphatic carbocycles. The van der Waals surface area contributed by atoms with Crippen LogP contribution >= 0.6 is 7.82 Å². The molecule has 0 bridgehead atoms. The third-order valence-corrected chi connectivity index (χ3v) is 11.5. The molecule has 5 rings (SSSR count). The Kier molecular flexibility index (Phi) is 19.6. The minimum Gasteiger partial charge on any atom is -0.382 e. The van der Waals surface area contributed by atoms with E-state index in [1.54, 1.807) is 22.7 Å². The summed E-state index contributed by atoms with van der Waals surface area (Å²) in [4.78, 5) is 18.7. The summed E-state index contributed by atoms with van der Waals surface area (Å²) in [6.07, 6.45) is 25.0. The van der Waals surface area contributed by atoms with Crippen molar-refractivity contribution in [2.75, 3.05) is 32.2 Å². The van der Waals surface area contributed by atoms with Crippen LogP contribution in [-0.2, 0) is 34.4 Å². The number of hydrogen-bond donors (Lipinski definition) is 2. The van der Waals surface area contributed by atoms with E-state index in [0.717, 1.165) is 24.1 Å².